The molecule has 0 radical (unpaired) electrons. The summed E-state index contributed by atoms with van der Waals surface area (Å²) < 4.78 is 67.9. The van der Waals surface area contributed by atoms with E-state index in [4.69, 9.17) is 8.92 Å². The predicted molar refractivity (Wildman–Crippen MR) is 126 cm³/mol. The van der Waals surface area contributed by atoms with Gasteiger partial charge in [0.1, 0.15) is 26.5 Å². The SMILES string of the molecule is CCCCCCCCCCCC(=O)Oc1ccc(S(=O)(=O)Oc2ccc(S(=O)(=O)[O-])cc2)cc1.[Na+]. The van der Waals surface area contributed by atoms with Gasteiger partial charge in [0.15, 0.2) is 0 Å². The summed E-state index contributed by atoms with van der Waals surface area (Å²) in [5, 5.41) is 0. The second-order valence-corrected chi connectivity index (χ2v) is 10.9. The van der Waals surface area contributed by atoms with Crippen LogP contribution in [0, 0.1) is 0 Å². The molecule has 2 rings (SSSR count). The summed E-state index contributed by atoms with van der Waals surface area (Å²) in [5.41, 5.74) is 0. The molecule has 0 N–H and O–H groups in total. The molecule has 0 heterocycles. The van der Waals surface area contributed by atoms with Crippen LogP contribution in [0.15, 0.2) is 58.3 Å². The van der Waals surface area contributed by atoms with E-state index in [1.807, 2.05) is 0 Å². The van der Waals surface area contributed by atoms with Crippen molar-refractivity contribution < 1.29 is 64.7 Å². The Bertz CT molecular complexity index is 1110. The first kappa shape index (κ1) is 31.6. The fraction of sp³-hybridized carbons (Fsp3) is 0.458. The molecule has 0 aliphatic rings. The number of hydrogen-bond donors (Lipinski definition) is 0. The van der Waals surface area contributed by atoms with Crippen LogP contribution in [0.25, 0.3) is 0 Å². The van der Waals surface area contributed by atoms with E-state index in [1.165, 1.54) is 62.8 Å². The first-order chi connectivity index (χ1) is 16.1. The van der Waals surface area contributed by atoms with Gasteiger partial charge in [0, 0.05) is 6.42 Å². The van der Waals surface area contributed by atoms with Crippen molar-refractivity contribution in [2.24, 2.45) is 0 Å². The number of benzene rings is 2. The first-order valence-electron chi connectivity index (χ1n) is 11.4. The molecule has 35 heavy (non-hydrogen) atoms. The maximum Gasteiger partial charge on any atom is 1.00 e. The van der Waals surface area contributed by atoms with Crippen LogP contribution in [0.1, 0.15) is 71.1 Å². The van der Waals surface area contributed by atoms with E-state index >= 15 is 0 Å². The van der Waals surface area contributed by atoms with E-state index in [1.54, 1.807) is 0 Å². The van der Waals surface area contributed by atoms with E-state index in [0.717, 1.165) is 43.5 Å². The van der Waals surface area contributed by atoms with Crippen molar-refractivity contribution in [3.63, 3.8) is 0 Å². The van der Waals surface area contributed by atoms with E-state index in [0.29, 0.717) is 6.42 Å². The summed E-state index contributed by atoms with van der Waals surface area (Å²) in [6.07, 6.45) is 10.6. The monoisotopic (exact) mass is 534 g/mol. The molecular weight excluding hydrogens is 503 g/mol. The Kier molecular flexibility index (Phi) is 14.1. The van der Waals surface area contributed by atoms with Crippen LogP contribution in [-0.4, -0.2) is 27.4 Å². The van der Waals surface area contributed by atoms with E-state index in [9.17, 15) is 26.2 Å². The summed E-state index contributed by atoms with van der Waals surface area (Å²) in [6.45, 7) is 2.20. The van der Waals surface area contributed by atoms with Crippen LogP contribution in [0.3, 0.4) is 0 Å². The third-order valence-electron chi connectivity index (χ3n) is 5.15. The Morgan fingerprint density at radius 1 is 0.714 bits per heavy atom. The molecule has 0 aromatic heterocycles. The predicted octanol–water partition coefficient (Wildman–Crippen LogP) is 2.19. The van der Waals surface area contributed by atoms with Gasteiger partial charge in [-0.3, -0.25) is 4.79 Å². The second-order valence-electron chi connectivity index (χ2n) is 7.99. The van der Waals surface area contributed by atoms with Gasteiger partial charge in [-0.1, -0.05) is 58.3 Å². The molecule has 0 fully saturated rings. The molecule has 8 nitrogen and oxygen atoms in total. The molecule has 0 aliphatic heterocycles. The van der Waals surface area contributed by atoms with Crippen molar-refractivity contribution in [1.29, 1.82) is 0 Å². The van der Waals surface area contributed by atoms with Crippen LogP contribution < -0.4 is 38.5 Å². The van der Waals surface area contributed by atoms with E-state index in [2.05, 4.69) is 6.92 Å². The number of carbonyl (C=O) groups excluding carboxylic acids is 1. The van der Waals surface area contributed by atoms with Gasteiger partial charge in [-0.2, -0.15) is 8.42 Å². The topological polar surface area (TPSA) is 127 Å². The maximum absolute atomic E-state index is 12.4. The zero-order valence-electron chi connectivity index (χ0n) is 20.3. The fourth-order valence-electron chi connectivity index (χ4n) is 3.27. The minimum Gasteiger partial charge on any atom is -0.744 e. The zero-order chi connectivity index (χ0) is 25.0. The van der Waals surface area contributed by atoms with Gasteiger partial charge in [0.05, 0.1) is 4.90 Å². The summed E-state index contributed by atoms with van der Waals surface area (Å²) in [4.78, 5) is 11.3. The number of ether oxygens (including phenoxy) is 1. The number of carbonyl (C=O) groups is 1. The largest absolute Gasteiger partial charge is 1.00 e. The Hall–Kier alpha value is -1.43. The molecule has 188 valence electrons. The molecule has 0 unspecified atom stereocenters. The number of esters is 1. The first-order valence-corrected chi connectivity index (χ1v) is 14.2. The fourth-order valence-corrected chi connectivity index (χ4v) is 4.67. The van der Waals surface area contributed by atoms with Crippen molar-refractivity contribution in [1.82, 2.24) is 0 Å². The average Bonchev–Trinajstić information content (AvgIpc) is 2.78. The molecular formula is C24H31NaO8S2. The summed E-state index contributed by atoms with van der Waals surface area (Å²) in [5.74, 6) is -0.294. The minimum absolute atomic E-state index is 0. The van der Waals surface area contributed by atoms with Gasteiger partial charge in [-0.05, 0) is 55.0 Å². The number of rotatable bonds is 15. The second kappa shape index (κ2) is 15.6. The maximum atomic E-state index is 12.4. The van der Waals surface area contributed by atoms with Gasteiger partial charge < -0.3 is 13.5 Å². The Labute approximate surface area is 230 Å². The Morgan fingerprint density at radius 2 is 1.17 bits per heavy atom. The number of hydrogen-bond acceptors (Lipinski definition) is 8. The number of unbranched alkanes of at least 4 members (excludes halogenated alkanes) is 8. The Balaban J connectivity index is 0.00000612. The normalized spacial score (nSPS) is 11.5. The molecule has 2 aromatic rings. The third-order valence-corrected chi connectivity index (χ3v) is 7.26. The van der Waals surface area contributed by atoms with Crippen molar-refractivity contribution in [2.45, 2.75) is 80.9 Å². The summed E-state index contributed by atoms with van der Waals surface area (Å²) in [6, 6.07) is 9.28. The van der Waals surface area contributed by atoms with Gasteiger partial charge in [-0.25, -0.2) is 8.42 Å². The molecule has 0 aliphatic carbocycles. The van der Waals surface area contributed by atoms with Crippen molar-refractivity contribution in [2.75, 3.05) is 0 Å². The van der Waals surface area contributed by atoms with Crippen LogP contribution in [-0.2, 0) is 25.0 Å². The van der Waals surface area contributed by atoms with Gasteiger partial charge >= 0.3 is 45.6 Å². The zero-order valence-corrected chi connectivity index (χ0v) is 23.9. The molecule has 0 amide bonds. The third kappa shape index (κ3) is 11.9. The molecule has 0 saturated carbocycles. The molecule has 2 aromatic carbocycles. The van der Waals surface area contributed by atoms with Gasteiger partial charge in [0.25, 0.3) is 0 Å². The minimum atomic E-state index is -4.64. The van der Waals surface area contributed by atoms with Crippen molar-refractivity contribution in [3.8, 4) is 11.5 Å². The van der Waals surface area contributed by atoms with Crippen LogP contribution in [0.4, 0.5) is 0 Å². The average molecular weight is 535 g/mol. The van der Waals surface area contributed by atoms with E-state index in [-0.39, 0.29) is 51.9 Å². The van der Waals surface area contributed by atoms with Gasteiger partial charge in [-0.15, -0.1) is 0 Å². The molecule has 0 spiro atoms. The summed E-state index contributed by atoms with van der Waals surface area (Å²) in [7, 11) is -8.85. The van der Waals surface area contributed by atoms with Crippen molar-refractivity contribution in [3.05, 3.63) is 48.5 Å². The molecule has 0 bridgehead atoms. The Morgan fingerprint density at radius 3 is 1.69 bits per heavy atom. The summed E-state index contributed by atoms with van der Waals surface area (Å²) >= 11 is 0. The van der Waals surface area contributed by atoms with Crippen LogP contribution >= 0.6 is 0 Å². The van der Waals surface area contributed by atoms with E-state index < -0.39 is 25.1 Å². The quantitative estimate of drug-likeness (QED) is 0.0850. The molecule has 0 saturated heterocycles. The van der Waals surface area contributed by atoms with Gasteiger partial charge in [0.2, 0.25) is 0 Å². The van der Waals surface area contributed by atoms with Crippen molar-refractivity contribution >= 4 is 26.2 Å². The smallest absolute Gasteiger partial charge is 0.744 e. The molecule has 0 atom stereocenters. The standard InChI is InChI=1S/C24H32O8S2.Na/c1-2-3-4-5-6-7-8-9-10-11-24(25)31-20-12-18-23(19-13-20)34(29,30)32-21-14-16-22(17-15-21)33(26,27)28;/h12-19H,2-11H2,1H3,(H,26,27,28);/q;+1/p-1. The van der Waals surface area contributed by atoms with Crippen LogP contribution in [0.2, 0.25) is 0 Å². The molecule has 11 heteroatoms. The van der Waals surface area contributed by atoms with Crippen LogP contribution in [0.5, 0.6) is 11.5 Å².